The highest BCUT2D eigenvalue weighted by Crippen LogP contribution is 2.33. The minimum absolute atomic E-state index is 0.0836. The molecule has 6 heteroatoms. The second kappa shape index (κ2) is 4.94. The van der Waals surface area contributed by atoms with E-state index in [-0.39, 0.29) is 12.0 Å². The van der Waals surface area contributed by atoms with Gasteiger partial charge in [-0.1, -0.05) is 5.16 Å². The van der Waals surface area contributed by atoms with E-state index in [0.29, 0.717) is 24.3 Å². The molecule has 0 bridgehead atoms. The molecule has 0 saturated carbocycles. The Morgan fingerprint density at radius 1 is 1.53 bits per heavy atom. The predicted molar refractivity (Wildman–Crippen MR) is 67.7 cm³/mol. The molecule has 0 unspecified atom stereocenters. The molecule has 0 N–H and O–H groups in total. The van der Waals surface area contributed by atoms with E-state index in [1.807, 2.05) is 4.90 Å². The topological polar surface area (TPSA) is 58.8 Å². The second-order valence-electron chi connectivity index (χ2n) is 5.64. The lowest BCUT2D eigenvalue weighted by molar-refractivity contribution is 0.0241. The van der Waals surface area contributed by atoms with Crippen LogP contribution in [0, 0.1) is 5.92 Å². The number of rotatable bonds is 3. The van der Waals surface area contributed by atoms with Crippen molar-refractivity contribution in [2.45, 2.75) is 18.6 Å². The van der Waals surface area contributed by atoms with Crippen molar-refractivity contribution in [3.63, 3.8) is 0 Å². The molecule has 3 heterocycles. The zero-order valence-corrected chi connectivity index (χ0v) is 11.3. The van der Waals surface area contributed by atoms with Crippen molar-refractivity contribution in [1.29, 1.82) is 0 Å². The number of carbonyl (C=O) groups is 1. The number of hydrogen-bond acceptors (Lipinski definition) is 5. The molecule has 0 spiro atoms. The van der Waals surface area contributed by atoms with Crippen molar-refractivity contribution in [3.05, 3.63) is 18.0 Å². The Morgan fingerprint density at radius 2 is 2.37 bits per heavy atom. The normalized spacial score (nSPS) is 30.1. The van der Waals surface area contributed by atoms with Crippen LogP contribution in [-0.2, 0) is 4.74 Å². The quantitative estimate of drug-likeness (QED) is 0.795. The average Bonchev–Trinajstić information content (AvgIpc) is 3.00. The van der Waals surface area contributed by atoms with Crippen molar-refractivity contribution in [2.24, 2.45) is 5.92 Å². The maximum atomic E-state index is 12.1. The minimum Gasteiger partial charge on any atom is -0.371 e. The van der Waals surface area contributed by atoms with E-state index in [0.717, 1.165) is 19.5 Å². The summed E-state index contributed by atoms with van der Waals surface area (Å²) in [5.74, 6) is 0.682. The Labute approximate surface area is 112 Å². The summed E-state index contributed by atoms with van der Waals surface area (Å²) in [6.45, 7) is 2.37. The molecule has 0 radical (unpaired) electrons. The molecule has 3 atom stereocenters. The molecule has 2 saturated heterocycles. The third-order valence-electron chi connectivity index (χ3n) is 3.82. The van der Waals surface area contributed by atoms with E-state index >= 15 is 0 Å². The molecule has 1 amide bonds. The minimum atomic E-state index is -0.0836. The van der Waals surface area contributed by atoms with Gasteiger partial charge in [0.25, 0.3) is 5.91 Å². The summed E-state index contributed by atoms with van der Waals surface area (Å²) in [6, 6.07) is 1.60. The summed E-state index contributed by atoms with van der Waals surface area (Å²) in [5, 5.41) is 3.57. The highest BCUT2D eigenvalue weighted by atomic mass is 16.5. The maximum absolute atomic E-state index is 12.1. The first-order valence-corrected chi connectivity index (χ1v) is 6.63. The first-order valence-electron chi connectivity index (χ1n) is 6.63. The van der Waals surface area contributed by atoms with E-state index in [9.17, 15) is 4.79 Å². The molecule has 104 valence electrons. The maximum Gasteiger partial charge on any atom is 0.292 e. The van der Waals surface area contributed by atoms with Crippen LogP contribution >= 0.6 is 0 Å². The second-order valence-corrected chi connectivity index (χ2v) is 5.64. The van der Waals surface area contributed by atoms with Gasteiger partial charge in [0.2, 0.25) is 5.76 Å². The summed E-state index contributed by atoms with van der Waals surface area (Å²) in [6.07, 6.45) is 3.00. The van der Waals surface area contributed by atoms with Gasteiger partial charge in [-0.05, 0) is 20.5 Å². The number of nitrogens with zero attached hydrogens (tertiary/aromatic N) is 3. The van der Waals surface area contributed by atoms with E-state index < -0.39 is 0 Å². The fraction of sp³-hybridized carbons (Fsp3) is 0.692. The Kier molecular flexibility index (Phi) is 3.28. The molecule has 1 aromatic rings. The van der Waals surface area contributed by atoms with E-state index in [1.165, 1.54) is 6.20 Å². The average molecular weight is 265 g/mol. The van der Waals surface area contributed by atoms with Crippen molar-refractivity contribution in [3.8, 4) is 0 Å². The van der Waals surface area contributed by atoms with E-state index in [2.05, 4.69) is 24.2 Å². The largest absolute Gasteiger partial charge is 0.371 e. The van der Waals surface area contributed by atoms with Crippen molar-refractivity contribution in [1.82, 2.24) is 15.0 Å². The van der Waals surface area contributed by atoms with Crippen molar-refractivity contribution >= 4 is 5.91 Å². The van der Waals surface area contributed by atoms with Crippen LogP contribution in [0.25, 0.3) is 0 Å². The van der Waals surface area contributed by atoms with Gasteiger partial charge in [-0.15, -0.1) is 0 Å². The van der Waals surface area contributed by atoms with Gasteiger partial charge in [-0.2, -0.15) is 0 Å². The van der Waals surface area contributed by atoms with E-state index in [1.54, 1.807) is 6.07 Å². The lowest BCUT2D eigenvalue weighted by Crippen LogP contribution is -2.33. The molecule has 2 fully saturated rings. The molecule has 19 heavy (non-hydrogen) atoms. The Balaban J connectivity index is 1.58. The summed E-state index contributed by atoms with van der Waals surface area (Å²) < 4.78 is 10.9. The molecule has 0 aromatic carbocycles. The van der Waals surface area contributed by atoms with Crippen LogP contribution in [0.1, 0.15) is 17.0 Å². The summed E-state index contributed by atoms with van der Waals surface area (Å²) in [4.78, 5) is 16.1. The summed E-state index contributed by atoms with van der Waals surface area (Å²) in [5.41, 5.74) is 0. The molecular formula is C13H19N3O3. The number of aromatic nitrogens is 1. The van der Waals surface area contributed by atoms with Crippen molar-refractivity contribution in [2.75, 3.05) is 33.7 Å². The zero-order valence-electron chi connectivity index (χ0n) is 11.3. The monoisotopic (exact) mass is 265 g/mol. The van der Waals surface area contributed by atoms with E-state index in [4.69, 9.17) is 9.26 Å². The van der Waals surface area contributed by atoms with Crippen LogP contribution < -0.4 is 0 Å². The molecular weight excluding hydrogens is 246 g/mol. The molecule has 2 aliphatic rings. The number of amides is 1. The molecule has 2 aliphatic heterocycles. The molecule has 3 rings (SSSR count). The Hall–Kier alpha value is -1.40. The third kappa shape index (κ3) is 2.50. The van der Waals surface area contributed by atoms with Gasteiger partial charge >= 0.3 is 0 Å². The van der Waals surface area contributed by atoms with Gasteiger partial charge in [-0.25, -0.2) is 0 Å². The Morgan fingerprint density at radius 3 is 3.00 bits per heavy atom. The molecule has 0 aliphatic carbocycles. The fourth-order valence-corrected chi connectivity index (χ4v) is 3.03. The number of ether oxygens (including phenoxy) is 1. The van der Waals surface area contributed by atoms with Crippen molar-refractivity contribution < 1.29 is 14.1 Å². The SMILES string of the molecule is CN(C)C[C@@H]1C[C@H]2CN(C(=O)c3ccno3)C[C@H]2O1. The van der Waals surface area contributed by atoms with Gasteiger partial charge < -0.3 is 19.1 Å². The number of likely N-dealkylation sites (tertiary alicyclic amines) is 1. The van der Waals surface area contributed by atoms with Crippen LogP contribution in [0.4, 0.5) is 0 Å². The number of carbonyl (C=O) groups excluding carboxylic acids is 1. The Bertz CT molecular complexity index is 432. The smallest absolute Gasteiger partial charge is 0.292 e. The number of hydrogen-bond donors (Lipinski definition) is 0. The van der Waals surface area contributed by atoms with Gasteiger partial charge in [0.1, 0.15) is 0 Å². The van der Waals surface area contributed by atoms with Gasteiger partial charge in [0.15, 0.2) is 0 Å². The third-order valence-corrected chi connectivity index (χ3v) is 3.82. The molecule has 1 aromatic heterocycles. The van der Waals surface area contributed by atoms with Gasteiger partial charge in [0, 0.05) is 31.6 Å². The van der Waals surface area contributed by atoms with Crippen LogP contribution in [0.2, 0.25) is 0 Å². The van der Waals surface area contributed by atoms with Crippen LogP contribution in [-0.4, -0.2) is 66.8 Å². The van der Waals surface area contributed by atoms with Gasteiger partial charge in [-0.3, -0.25) is 4.79 Å². The zero-order chi connectivity index (χ0) is 13.4. The number of fused-ring (bicyclic) bond motifs is 1. The van der Waals surface area contributed by atoms with Crippen LogP contribution in [0.3, 0.4) is 0 Å². The first kappa shape index (κ1) is 12.6. The molecule has 6 nitrogen and oxygen atoms in total. The summed E-state index contributed by atoms with van der Waals surface area (Å²) in [7, 11) is 4.11. The standard InChI is InChI=1S/C13H19N3O3/c1-15(2)7-10-5-9-6-16(8-12(9)18-10)13(17)11-3-4-14-19-11/h3-4,9-10,12H,5-8H2,1-2H3/t9-,10-,12+/m0/s1. The lowest BCUT2D eigenvalue weighted by Gasteiger charge is -2.20. The first-order chi connectivity index (χ1) is 9.13. The van der Waals surface area contributed by atoms with Crippen LogP contribution in [0.5, 0.6) is 0 Å². The lowest BCUT2D eigenvalue weighted by atomic mass is 10.0. The highest BCUT2D eigenvalue weighted by Gasteiger charge is 2.43. The fourth-order valence-electron chi connectivity index (χ4n) is 3.03. The summed E-state index contributed by atoms with van der Waals surface area (Å²) >= 11 is 0. The predicted octanol–water partition coefficient (Wildman–Crippen LogP) is 0.466. The highest BCUT2D eigenvalue weighted by molar-refractivity contribution is 5.91. The number of likely N-dealkylation sites (N-methyl/N-ethyl adjacent to an activating group) is 1. The van der Waals surface area contributed by atoms with Gasteiger partial charge in [0.05, 0.1) is 18.4 Å². The van der Waals surface area contributed by atoms with Crippen LogP contribution in [0.15, 0.2) is 16.8 Å².